The number of imide groups is 2. The van der Waals surface area contributed by atoms with E-state index < -0.39 is 29.7 Å². The molecule has 0 bridgehead atoms. The smallest absolute Gasteiger partial charge is 0.266 e. The van der Waals surface area contributed by atoms with Gasteiger partial charge in [0.25, 0.3) is 17.7 Å². The molecule has 66 heavy (non-hydrogen) atoms. The summed E-state index contributed by atoms with van der Waals surface area (Å²) in [5.74, 6) is -1.28. The molecule has 5 aromatic rings. The molecule has 6 heterocycles. The molecule has 3 aromatic carbocycles. The Kier molecular flexibility index (Phi) is 11.9. The van der Waals surface area contributed by atoms with E-state index in [0.717, 1.165) is 80.2 Å². The molecule has 18 nitrogen and oxygen atoms in total. The Morgan fingerprint density at radius 1 is 0.803 bits per heavy atom. The first kappa shape index (κ1) is 42.7. The number of piperidine rings is 2. The Labute approximate surface area is 380 Å². The fourth-order valence-electron chi connectivity index (χ4n) is 9.85. The van der Waals surface area contributed by atoms with Gasteiger partial charge in [-0.1, -0.05) is 36.4 Å². The summed E-state index contributed by atoms with van der Waals surface area (Å²) in [5.41, 5.74) is 4.68. The second-order valence-corrected chi connectivity index (χ2v) is 17.8. The maximum atomic E-state index is 13.4. The molecule has 1 aliphatic carbocycles. The summed E-state index contributed by atoms with van der Waals surface area (Å²) in [6, 6.07) is 22.0. The van der Waals surface area contributed by atoms with E-state index in [4.69, 9.17) is 4.74 Å². The number of nitrogens with zero attached hydrogens (tertiary/aromatic N) is 8. The van der Waals surface area contributed by atoms with Crippen LogP contribution in [0.5, 0.6) is 5.75 Å². The standard InChI is InChI=1S/C48H51N11O7/c60-39-14-13-37(46(63)54-39)59-47(64)36-7-4-8-38(42(36)48(59)65)66-27-41(62)57-21-19-55(20-22-57)26-31-15-17-56(18-16-31)34-11-9-32(10-12-34)53-44-43-45(50-28-49-44)58(29-51-43)35-24-33(25-35)52-40(61)23-30-5-2-1-3-6-30/h1-12,28-29,31,33,35,37H,13-27H2,(H,52,61)(H,49,50,53)(H,54,60,63). The normalized spacial score (nSPS) is 21.4. The van der Waals surface area contributed by atoms with Crippen molar-refractivity contribution < 1.29 is 33.5 Å². The van der Waals surface area contributed by atoms with Crippen molar-refractivity contribution in [2.24, 2.45) is 5.92 Å². The highest BCUT2D eigenvalue weighted by Gasteiger charge is 2.46. The van der Waals surface area contributed by atoms with Crippen LogP contribution in [0.2, 0.25) is 0 Å². The first-order valence-electron chi connectivity index (χ1n) is 22.8. The maximum absolute atomic E-state index is 13.4. The third-order valence-corrected chi connectivity index (χ3v) is 13.6. The van der Waals surface area contributed by atoms with Gasteiger partial charge in [-0.25, -0.2) is 15.0 Å². The Morgan fingerprint density at radius 3 is 2.33 bits per heavy atom. The maximum Gasteiger partial charge on any atom is 0.266 e. The third-order valence-electron chi connectivity index (χ3n) is 13.6. The highest BCUT2D eigenvalue weighted by Crippen LogP contribution is 2.36. The number of anilines is 3. The minimum Gasteiger partial charge on any atom is -0.483 e. The van der Waals surface area contributed by atoms with Gasteiger partial charge in [0, 0.05) is 75.7 Å². The van der Waals surface area contributed by atoms with Crippen molar-refractivity contribution in [3.63, 3.8) is 0 Å². The number of carbonyl (C=O) groups is 6. The van der Waals surface area contributed by atoms with Gasteiger partial charge in [-0.2, -0.15) is 0 Å². The van der Waals surface area contributed by atoms with Crippen LogP contribution in [0.3, 0.4) is 0 Å². The molecule has 5 aliphatic rings. The van der Waals surface area contributed by atoms with Crippen LogP contribution in [0.4, 0.5) is 17.2 Å². The van der Waals surface area contributed by atoms with Gasteiger partial charge in [-0.3, -0.25) is 43.9 Å². The predicted octanol–water partition coefficient (Wildman–Crippen LogP) is 3.47. The topological polar surface area (TPSA) is 204 Å². The summed E-state index contributed by atoms with van der Waals surface area (Å²) in [4.78, 5) is 97.8. The van der Waals surface area contributed by atoms with Crippen LogP contribution in [0, 0.1) is 5.92 Å². The number of fused-ring (bicyclic) bond motifs is 2. The number of rotatable bonds is 13. The Morgan fingerprint density at radius 2 is 1.58 bits per heavy atom. The van der Waals surface area contributed by atoms with Gasteiger partial charge in [0.05, 0.1) is 23.9 Å². The number of imidazole rings is 1. The number of benzene rings is 3. The lowest BCUT2D eigenvalue weighted by molar-refractivity contribution is -0.136. The molecule has 3 saturated heterocycles. The van der Waals surface area contributed by atoms with Gasteiger partial charge in [0.15, 0.2) is 23.6 Å². The van der Waals surface area contributed by atoms with Crippen molar-refractivity contribution in [1.29, 1.82) is 0 Å². The molecule has 18 heteroatoms. The summed E-state index contributed by atoms with van der Waals surface area (Å²) >= 11 is 0. The first-order chi connectivity index (χ1) is 32.1. The number of nitrogens with one attached hydrogen (secondary N) is 3. The van der Waals surface area contributed by atoms with Crippen LogP contribution in [0.25, 0.3) is 11.2 Å². The van der Waals surface area contributed by atoms with Crippen molar-refractivity contribution in [3.05, 3.63) is 102 Å². The van der Waals surface area contributed by atoms with Gasteiger partial charge in [-0.05, 0) is 80.0 Å². The lowest BCUT2D eigenvalue weighted by Crippen LogP contribution is -2.54. The van der Waals surface area contributed by atoms with Crippen LogP contribution in [-0.2, 0) is 25.6 Å². The number of carbonyl (C=O) groups excluding carboxylic acids is 6. The van der Waals surface area contributed by atoms with Gasteiger partial charge in [-0.15, -0.1) is 0 Å². The number of aromatic nitrogens is 4. The Hall–Kier alpha value is -7.21. The number of ether oxygens (including phenoxy) is 1. The van der Waals surface area contributed by atoms with Crippen molar-refractivity contribution in [3.8, 4) is 5.75 Å². The molecular formula is C48H51N11O7. The van der Waals surface area contributed by atoms with E-state index in [2.05, 4.69) is 69.5 Å². The number of hydrogen-bond donors (Lipinski definition) is 3. The van der Waals surface area contributed by atoms with Gasteiger partial charge < -0.3 is 29.7 Å². The zero-order valence-corrected chi connectivity index (χ0v) is 36.4. The fourth-order valence-corrected chi connectivity index (χ4v) is 9.85. The number of piperazine rings is 1. The molecule has 1 saturated carbocycles. The second kappa shape index (κ2) is 18.3. The molecule has 1 unspecified atom stereocenters. The van der Waals surface area contributed by atoms with E-state index in [1.165, 1.54) is 11.8 Å². The molecule has 6 amide bonds. The van der Waals surface area contributed by atoms with E-state index in [9.17, 15) is 28.8 Å². The monoisotopic (exact) mass is 893 g/mol. The van der Waals surface area contributed by atoms with Crippen molar-refractivity contribution in [2.45, 2.75) is 63.1 Å². The van der Waals surface area contributed by atoms with E-state index in [-0.39, 0.29) is 60.2 Å². The molecule has 0 radical (unpaired) electrons. The summed E-state index contributed by atoms with van der Waals surface area (Å²) in [6.45, 7) is 5.24. The summed E-state index contributed by atoms with van der Waals surface area (Å²) in [7, 11) is 0. The van der Waals surface area contributed by atoms with Crippen LogP contribution in [0.15, 0.2) is 85.5 Å². The SMILES string of the molecule is O=C1CCC(N2C(=O)c3cccc(OCC(=O)N4CCN(CC5CCN(c6ccc(Nc7ncnc8c7ncn8C7CC(NC(=O)Cc8ccccc8)C7)cc6)CC5)CC4)c3C2=O)C(=O)N1. The minimum atomic E-state index is -1.08. The zero-order valence-electron chi connectivity index (χ0n) is 36.4. The van der Waals surface area contributed by atoms with Crippen LogP contribution in [-0.4, -0.2) is 134 Å². The van der Waals surface area contributed by atoms with Crippen molar-refractivity contribution >= 4 is 63.8 Å². The molecule has 10 rings (SSSR count). The van der Waals surface area contributed by atoms with E-state index in [0.29, 0.717) is 36.8 Å². The lowest BCUT2D eigenvalue weighted by atomic mass is 9.86. The van der Waals surface area contributed by atoms with Gasteiger partial charge >= 0.3 is 0 Å². The predicted molar refractivity (Wildman–Crippen MR) is 242 cm³/mol. The molecular weight excluding hydrogens is 843 g/mol. The average Bonchev–Trinajstić information content (AvgIpc) is 3.86. The van der Waals surface area contributed by atoms with Crippen LogP contribution in [0.1, 0.15) is 70.8 Å². The molecule has 4 fully saturated rings. The lowest BCUT2D eigenvalue weighted by Gasteiger charge is -2.39. The summed E-state index contributed by atoms with van der Waals surface area (Å²) in [5, 5.41) is 8.80. The van der Waals surface area contributed by atoms with Crippen LogP contribution < -0.4 is 25.6 Å². The zero-order chi connectivity index (χ0) is 45.3. The van der Waals surface area contributed by atoms with Gasteiger partial charge in [0.2, 0.25) is 17.7 Å². The summed E-state index contributed by atoms with van der Waals surface area (Å²) < 4.78 is 7.94. The average molecular weight is 894 g/mol. The van der Waals surface area contributed by atoms with E-state index in [1.807, 2.05) is 36.7 Å². The second-order valence-electron chi connectivity index (χ2n) is 17.8. The van der Waals surface area contributed by atoms with Crippen molar-refractivity contribution in [2.75, 3.05) is 62.6 Å². The largest absolute Gasteiger partial charge is 0.483 e. The number of amides is 6. The van der Waals surface area contributed by atoms with Gasteiger partial charge in [0.1, 0.15) is 18.1 Å². The van der Waals surface area contributed by atoms with Crippen molar-refractivity contribution in [1.82, 2.24) is 44.9 Å². The van der Waals surface area contributed by atoms with E-state index >= 15 is 0 Å². The molecule has 4 aliphatic heterocycles. The highest BCUT2D eigenvalue weighted by molar-refractivity contribution is 6.24. The highest BCUT2D eigenvalue weighted by atomic mass is 16.5. The third kappa shape index (κ3) is 8.79. The van der Waals surface area contributed by atoms with Crippen LogP contribution >= 0.6 is 0 Å². The molecule has 0 spiro atoms. The summed E-state index contributed by atoms with van der Waals surface area (Å²) in [6.07, 6.45) is 7.62. The minimum absolute atomic E-state index is 0.0257. The Bertz CT molecular complexity index is 2670. The molecule has 1 atom stereocenters. The number of hydrogen-bond acceptors (Lipinski definition) is 13. The molecule has 340 valence electrons. The quantitative estimate of drug-likeness (QED) is 0.145. The Balaban J connectivity index is 0.652. The molecule has 3 N–H and O–H groups in total. The fraction of sp³-hybridized carbons (Fsp3) is 0.396. The first-order valence-corrected chi connectivity index (χ1v) is 22.8. The molecule has 2 aromatic heterocycles. The van der Waals surface area contributed by atoms with E-state index in [1.54, 1.807) is 23.4 Å².